The van der Waals surface area contributed by atoms with Crippen LogP contribution < -0.4 is 4.74 Å². The summed E-state index contributed by atoms with van der Waals surface area (Å²) in [6, 6.07) is 12.2. The van der Waals surface area contributed by atoms with E-state index in [1.165, 1.54) is 6.07 Å². The first-order chi connectivity index (χ1) is 10.1. The zero-order chi connectivity index (χ0) is 14.8. The van der Waals surface area contributed by atoms with Crippen molar-refractivity contribution >= 4 is 17.1 Å². The molecule has 1 aromatic heterocycles. The summed E-state index contributed by atoms with van der Waals surface area (Å²) in [5.41, 5.74) is 2.50. The molecule has 5 nitrogen and oxygen atoms in total. The van der Waals surface area contributed by atoms with Gasteiger partial charge in [-0.2, -0.15) is 0 Å². The highest BCUT2D eigenvalue weighted by Crippen LogP contribution is 2.21. The van der Waals surface area contributed by atoms with Gasteiger partial charge in [-0.1, -0.05) is 12.1 Å². The van der Waals surface area contributed by atoms with E-state index in [0.717, 1.165) is 11.1 Å². The van der Waals surface area contributed by atoms with Crippen molar-refractivity contribution in [3.8, 4) is 5.75 Å². The average molecular weight is 283 g/mol. The smallest absolute Gasteiger partial charge is 0.335 e. The topological polar surface area (TPSA) is 72.6 Å². The molecule has 1 N–H and O–H groups in total. The van der Waals surface area contributed by atoms with E-state index in [1.807, 2.05) is 24.3 Å². The molecule has 0 aliphatic rings. The SMILES string of the molecule is Cc1cc(C(=O)O)ccc1OCc1nc2ccccc2o1. The Balaban J connectivity index is 1.76. The van der Waals surface area contributed by atoms with Crippen molar-refractivity contribution in [3.05, 3.63) is 59.5 Å². The number of para-hydroxylation sites is 2. The third-order valence-corrected chi connectivity index (χ3v) is 3.11. The normalized spacial score (nSPS) is 10.7. The largest absolute Gasteiger partial charge is 0.484 e. The van der Waals surface area contributed by atoms with Gasteiger partial charge in [-0.25, -0.2) is 9.78 Å². The fourth-order valence-electron chi connectivity index (χ4n) is 2.07. The number of carboxylic acid groups (broad SMARTS) is 1. The van der Waals surface area contributed by atoms with Gasteiger partial charge < -0.3 is 14.3 Å². The van der Waals surface area contributed by atoms with Gasteiger partial charge in [0, 0.05) is 0 Å². The lowest BCUT2D eigenvalue weighted by molar-refractivity contribution is 0.0696. The van der Waals surface area contributed by atoms with E-state index in [0.29, 0.717) is 17.2 Å². The molecule has 0 spiro atoms. The van der Waals surface area contributed by atoms with Gasteiger partial charge in [0.1, 0.15) is 11.3 Å². The standard InChI is InChI=1S/C16H13NO4/c1-10-8-11(16(18)19)6-7-13(10)20-9-15-17-12-4-2-3-5-14(12)21-15/h2-8H,9H2,1H3,(H,18,19). The van der Waals surface area contributed by atoms with E-state index in [-0.39, 0.29) is 12.2 Å². The number of benzene rings is 2. The van der Waals surface area contributed by atoms with Crippen molar-refractivity contribution in [1.82, 2.24) is 4.98 Å². The maximum absolute atomic E-state index is 10.9. The molecule has 0 unspecified atom stereocenters. The summed E-state index contributed by atoms with van der Waals surface area (Å²) in [6.07, 6.45) is 0. The molecule has 3 aromatic rings. The van der Waals surface area contributed by atoms with Crippen LogP contribution in [0.1, 0.15) is 21.8 Å². The third-order valence-electron chi connectivity index (χ3n) is 3.11. The number of aromatic nitrogens is 1. The van der Waals surface area contributed by atoms with Crippen LogP contribution in [0, 0.1) is 6.92 Å². The maximum atomic E-state index is 10.9. The van der Waals surface area contributed by atoms with Gasteiger partial charge in [-0.05, 0) is 42.8 Å². The lowest BCUT2D eigenvalue weighted by atomic mass is 10.1. The predicted molar refractivity (Wildman–Crippen MR) is 76.5 cm³/mol. The molecule has 0 radical (unpaired) electrons. The van der Waals surface area contributed by atoms with Gasteiger partial charge in [0.05, 0.1) is 5.56 Å². The quantitative estimate of drug-likeness (QED) is 0.794. The molecule has 2 aromatic carbocycles. The number of fused-ring (bicyclic) bond motifs is 1. The van der Waals surface area contributed by atoms with Crippen LogP contribution in [0.3, 0.4) is 0 Å². The lowest BCUT2D eigenvalue weighted by Crippen LogP contribution is -2.00. The second kappa shape index (κ2) is 5.28. The molecule has 21 heavy (non-hydrogen) atoms. The molecule has 3 rings (SSSR count). The molecule has 5 heteroatoms. The highest BCUT2D eigenvalue weighted by molar-refractivity contribution is 5.88. The number of aryl methyl sites for hydroxylation is 1. The number of hydrogen-bond donors (Lipinski definition) is 1. The second-order valence-electron chi connectivity index (χ2n) is 4.65. The molecule has 0 bridgehead atoms. The van der Waals surface area contributed by atoms with Crippen molar-refractivity contribution in [2.24, 2.45) is 0 Å². The summed E-state index contributed by atoms with van der Waals surface area (Å²) in [5, 5.41) is 8.92. The van der Waals surface area contributed by atoms with E-state index in [1.54, 1.807) is 19.1 Å². The van der Waals surface area contributed by atoms with Gasteiger partial charge in [-0.3, -0.25) is 0 Å². The van der Waals surface area contributed by atoms with Gasteiger partial charge >= 0.3 is 5.97 Å². The molecule has 0 saturated heterocycles. The summed E-state index contributed by atoms with van der Waals surface area (Å²) in [7, 11) is 0. The molecular formula is C16H13NO4. The number of oxazole rings is 1. The molecule has 0 atom stereocenters. The monoisotopic (exact) mass is 283 g/mol. The minimum atomic E-state index is -0.955. The van der Waals surface area contributed by atoms with Crippen LogP contribution in [0.5, 0.6) is 5.75 Å². The number of carboxylic acids is 1. The maximum Gasteiger partial charge on any atom is 0.335 e. The van der Waals surface area contributed by atoms with E-state index >= 15 is 0 Å². The molecule has 0 aliphatic heterocycles. The first-order valence-corrected chi connectivity index (χ1v) is 6.44. The molecule has 106 valence electrons. The van der Waals surface area contributed by atoms with Crippen molar-refractivity contribution in [2.75, 3.05) is 0 Å². The first kappa shape index (κ1) is 13.2. The van der Waals surface area contributed by atoms with E-state index in [2.05, 4.69) is 4.98 Å². The van der Waals surface area contributed by atoms with Gasteiger partial charge in [0.2, 0.25) is 5.89 Å². The number of hydrogen-bond acceptors (Lipinski definition) is 4. The summed E-state index contributed by atoms with van der Waals surface area (Å²) >= 11 is 0. The molecule has 1 heterocycles. The molecule has 0 aliphatic carbocycles. The van der Waals surface area contributed by atoms with Gasteiger partial charge in [0.25, 0.3) is 0 Å². The average Bonchev–Trinajstić information content (AvgIpc) is 2.88. The number of aromatic carboxylic acids is 1. The predicted octanol–water partition coefficient (Wildman–Crippen LogP) is 3.41. The Hall–Kier alpha value is -2.82. The van der Waals surface area contributed by atoms with Crippen molar-refractivity contribution < 1.29 is 19.1 Å². The summed E-state index contributed by atoms with van der Waals surface area (Å²) < 4.78 is 11.2. The van der Waals surface area contributed by atoms with Crippen LogP contribution in [-0.2, 0) is 6.61 Å². The van der Waals surface area contributed by atoms with Crippen molar-refractivity contribution in [1.29, 1.82) is 0 Å². The Kier molecular flexibility index (Phi) is 3.31. The minimum absolute atomic E-state index is 0.196. The first-order valence-electron chi connectivity index (χ1n) is 6.44. The summed E-state index contributed by atoms with van der Waals surface area (Å²) in [6.45, 7) is 2.00. The van der Waals surface area contributed by atoms with Crippen LogP contribution in [0.2, 0.25) is 0 Å². The van der Waals surface area contributed by atoms with Gasteiger partial charge in [0.15, 0.2) is 12.2 Å². The van der Waals surface area contributed by atoms with E-state index in [4.69, 9.17) is 14.3 Å². The highest BCUT2D eigenvalue weighted by atomic mass is 16.5. The lowest BCUT2D eigenvalue weighted by Gasteiger charge is -2.07. The zero-order valence-electron chi connectivity index (χ0n) is 11.4. The number of carbonyl (C=O) groups is 1. The fraction of sp³-hybridized carbons (Fsp3) is 0.125. The molecule has 0 amide bonds. The summed E-state index contributed by atoms with van der Waals surface area (Å²) in [4.78, 5) is 15.2. The summed E-state index contributed by atoms with van der Waals surface area (Å²) in [5.74, 6) is 0.142. The fourth-order valence-corrected chi connectivity index (χ4v) is 2.07. The number of rotatable bonds is 4. The van der Waals surface area contributed by atoms with Crippen LogP contribution >= 0.6 is 0 Å². The number of ether oxygens (including phenoxy) is 1. The number of nitrogens with zero attached hydrogens (tertiary/aromatic N) is 1. The third kappa shape index (κ3) is 2.72. The van der Waals surface area contributed by atoms with Gasteiger partial charge in [-0.15, -0.1) is 0 Å². The Bertz CT molecular complexity index is 774. The molecule has 0 fully saturated rings. The van der Waals surface area contributed by atoms with Crippen LogP contribution in [0.4, 0.5) is 0 Å². The van der Waals surface area contributed by atoms with Crippen LogP contribution in [-0.4, -0.2) is 16.1 Å². The van der Waals surface area contributed by atoms with Crippen molar-refractivity contribution in [3.63, 3.8) is 0 Å². The van der Waals surface area contributed by atoms with Crippen molar-refractivity contribution in [2.45, 2.75) is 13.5 Å². The second-order valence-corrected chi connectivity index (χ2v) is 4.65. The molecule has 0 saturated carbocycles. The van der Waals surface area contributed by atoms with Crippen LogP contribution in [0.25, 0.3) is 11.1 Å². The Morgan fingerprint density at radius 2 is 2.10 bits per heavy atom. The van der Waals surface area contributed by atoms with E-state index < -0.39 is 5.97 Å². The minimum Gasteiger partial charge on any atom is -0.484 e. The zero-order valence-corrected chi connectivity index (χ0v) is 11.4. The Labute approximate surface area is 120 Å². The Morgan fingerprint density at radius 3 is 2.81 bits per heavy atom. The van der Waals surface area contributed by atoms with E-state index in [9.17, 15) is 4.79 Å². The Morgan fingerprint density at radius 1 is 1.29 bits per heavy atom. The highest BCUT2D eigenvalue weighted by Gasteiger charge is 2.09. The van der Waals surface area contributed by atoms with Crippen LogP contribution in [0.15, 0.2) is 46.9 Å². The molecular weight excluding hydrogens is 270 g/mol.